The van der Waals surface area contributed by atoms with Gasteiger partial charge in [-0.3, -0.25) is 4.79 Å². The molecule has 1 fully saturated rings. The van der Waals surface area contributed by atoms with E-state index in [0.29, 0.717) is 5.75 Å². The first-order valence-corrected chi connectivity index (χ1v) is 10.4. The highest BCUT2D eigenvalue weighted by Crippen LogP contribution is 2.18. The maximum Gasteiger partial charge on any atom is 0.262 e. The Bertz CT molecular complexity index is 826. The van der Waals surface area contributed by atoms with E-state index in [4.69, 9.17) is 21.7 Å². The van der Waals surface area contributed by atoms with Crippen molar-refractivity contribution in [3.63, 3.8) is 0 Å². The molecule has 154 valence electrons. The summed E-state index contributed by atoms with van der Waals surface area (Å²) in [5.41, 5.74) is 2.97. The van der Waals surface area contributed by atoms with Crippen LogP contribution in [-0.4, -0.2) is 47.7 Å². The summed E-state index contributed by atoms with van der Waals surface area (Å²) in [5, 5.41) is 2.84. The number of amides is 1. The zero-order valence-corrected chi connectivity index (χ0v) is 18.0. The van der Waals surface area contributed by atoms with Crippen LogP contribution in [0.3, 0.4) is 0 Å². The van der Waals surface area contributed by atoms with Crippen LogP contribution >= 0.6 is 12.2 Å². The minimum atomic E-state index is -0.190. The second-order valence-electron chi connectivity index (χ2n) is 7.38. The second kappa shape index (κ2) is 9.85. The summed E-state index contributed by atoms with van der Waals surface area (Å²) < 4.78 is 11.4. The second-order valence-corrected chi connectivity index (χ2v) is 7.77. The molecule has 0 aromatic heterocycles. The van der Waals surface area contributed by atoms with Crippen molar-refractivity contribution in [3.05, 3.63) is 59.7 Å². The van der Waals surface area contributed by atoms with E-state index in [2.05, 4.69) is 31.0 Å². The van der Waals surface area contributed by atoms with E-state index < -0.39 is 0 Å². The molecule has 5 nitrogen and oxygen atoms in total. The molecule has 6 heteroatoms. The van der Waals surface area contributed by atoms with Crippen LogP contribution < -0.4 is 10.1 Å². The average molecular weight is 413 g/mol. The summed E-state index contributed by atoms with van der Waals surface area (Å²) in [6.07, 6.45) is 1.30. The van der Waals surface area contributed by atoms with Crippen LogP contribution in [0.1, 0.15) is 31.9 Å². The van der Waals surface area contributed by atoms with E-state index in [9.17, 15) is 4.79 Å². The van der Waals surface area contributed by atoms with E-state index >= 15 is 0 Å². The van der Waals surface area contributed by atoms with Gasteiger partial charge in [-0.2, -0.15) is 0 Å². The molecule has 29 heavy (non-hydrogen) atoms. The van der Waals surface area contributed by atoms with Gasteiger partial charge in [-0.15, -0.1) is 0 Å². The fourth-order valence-corrected chi connectivity index (χ4v) is 3.67. The van der Waals surface area contributed by atoms with Gasteiger partial charge in [0.05, 0.1) is 12.2 Å². The number of hydrogen-bond acceptors (Lipinski definition) is 4. The molecule has 1 N–H and O–H groups in total. The fourth-order valence-electron chi connectivity index (χ4n) is 3.39. The summed E-state index contributed by atoms with van der Waals surface area (Å²) in [6.45, 7) is 7.76. The maximum atomic E-state index is 12.1. The molecule has 1 aliphatic heterocycles. The lowest BCUT2D eigenvalue weighted by molar-refractivity contribution is -0.118. The lowest BCUT2D eigenvalue weighted by Gasteiger charge is -2.37. The highest BCUT2D eigenvalue weighted by molar-refractivity contribution is 7.80. The number of thiocarbonyl (C=S) groups is 1. The number of carbonyl (C=O) groups excluding carboxylic acids is 1. The van der Waals surface area contributed by atoms with Gasteiger partial charge in [-0.1, -0.05) is 31.3 Å². The molecule has 0 spiro atoms. The Morgan fingerprint density at radius 1 is 1.10 bits per heavy atom. The number of morpholine rings is 1. The molecule has 2 atom stereocenters. The Labute approximate surface area is 178 Å². The van der Waals surface area contributed by atoms with Gasteiger partial charge in [0.2, 0.25) is 0 Å². The number of nitrogens with one attached hydrogen (secondary N) is 1. The average Bonchev–Trinajstić information content (AvgIpc) is 2.72. The standard InChI is InChI=1S/C23H28N2O3S/c1-4-18-5-9-20(10-6-18)24-22(26)15-27-21-11-7-19(8-12-21)23(29)25-13-16(2)28-17(3)14-25/h5-12,16-17H,4,13-15H2,1-3H3,(H,24,26)/t16-,17-/m0/s1. The Morgan fingerprint density at radius 2 is 1.72 bits per heavy atom. The molecule has 1 heterocycles. The van der Waals surface area contributed by atoms with Crippen molar-refractivity contribution in [2.75, 3.05) is 25.0 Å². The summed E-state index contributed by atoms with van der Waals surface area (Å²) in [4.78, 5) is 15.1. The molecule has 1 amide bonds. The molecular weight excluding hydrogens is 384 g/mol. The van der Waals surface area contributed by atoms with Crippen molar-refractivity contribution in [3.8, 4) is 5.75 Å². The van der Waals surface area contributed by atoms with Crippen LogP contribution in [0.15, 0.2) is 48.5 Å². The number of benzene rings is 2. The molecule has 1 aliphatic rings. The fraction of sp³-hybridized carbons (Fsp3) is 0.391. The topological polar surface area (TPSA) is 50.8 Å². The third-order valence-corrected chi connectivity index (χ3v) is 5.32. The van der Waals surface area contributed by atoms with Gasteiger partial charge in [0.15, 0.2) is 6.61 Å². The van der Waals surface area contributed by atoms with Gasteiger partial charge >= 0.3 is 0 Å². The molecule has 1 saturated heterocycles. The number of carbonyl (C=O) groups is 1. The smallest absolute Gasteiger partial charge is 0.262 e. The van der Waals surface area contributed by atoms with Crippen molar-refractivity contribution in [1.29, 1.82) is 0 Å². The van der Waals surface area contributed by atoms with Crippen LogP contribution in [0.2, 0.25) is 0 Å². The normalized spacial score (nSPS) is 18.9. The number of hydrogen-bond donors (Lipinski definition) is 1. The summed E-state index contributed by atoms with van der Waals surface area (Å²) in [5.74, 6) is 0.446. The minimum Gasteiger partial charge on any atom is -0.484 e. The first-order chi connectivity index (χ1) is 13.9. The number of nitrogens with zero attached hydrogens (tertiary/aromatic N) is 1. The molecule has 0 saturated carbocycles. The Balaban J connectivity index is 1.50. The van der Waals surface area contributed by atoms with Gasteiger partial charge in [-0.05, 0) is 62.2 Å². The summed E-state index contributed by atoms with van der Waals surface area (Å²) >= 11 is 5.65. The highest BCUT2D eigenvalue weighted by atomic mass is 32.1. The van der Waals surface area contributed by atoms with Crippen LogP contribution in [0, 0.1) is 0 Å². The summed E-state index contributed by atoms with van der Waals surface area (Å²) in [6, 6.07) is 15.4. The van der Waals surface area contributed by atoms with Crippen molar-refractivity contribution in [1.82, 2.24) is 4.90 Å². The van der Waals surface area contributed by atoms with E-state index in [1.165, 1.54) is 5.56 Å². The van der Waals surface area contributed by atoms with E-state index in [-0.39, 0.29) is 24.7 Å². The van der Waals surface area contributed by atoms with Gasteiger partial charge in [0, 0.05) is 24.3 Å². The first-order valence-electron chi connectivity index (χ1n) is 10.0. The molecule has 2 aromatic carbocycles. The predicted molar refractivity (Wildman–Crippen MR) is 120 cm³/mol. The van der Waals surface area contributed by atoms with E-state index in [1.807, 2.05) is 48.5 Å². The Kier molecular flexibility index (Phi) is 7.23. The van der Waals surface area contributed by atoms with Crippen LogP contribution in [0.25, 0.3) is 0 Å². The molecule has 0 bridgehead atoms. The van der Waals surface area contributed by atoms with Crippen molar-refractivity contribution in [2.45, 2.75) is 39.4 Å². The number of ether oxygens (including phenoxy) is 2. The largest absolute Gasteiger partial charge is 0.484 e. The minimum absolute atomic E-state index is 0.0438. The van der Waals surface area contributed by atoms with Gasteiger partial charge in [-0.25, -0.2) is 0 Å². The lowest BCUT2D eigenvalue weighted by Crippen LogP contribution is -2.47. The van der Waals surface area contributed by atoms with E-state index in [0.717, 1.165) is 35.7 Å². The summed E-state index contributed by atoms with van der Waals surface area (Å²) in [7, 11) is 0. The third-order valence-electron chi connectivity index (χ3n) is 4.82. The Hall–Kier alpha value is -2.44. The third kappa shape index (κ3) is 6.02. The lowest BCUT2D eigenvalue weighted by atomic mass is 10.1. The van der Waals surface area contributed by atoms with E-state index in [1.54, 1.807) is 0 Å². The van der Waals surface area contributed by atoms with Crippen molar-refractivity contribution in [2.24, 2.45) is 0 Å². The first kappa shape index (κ1) is 21.3. The number of rotatable bonds is 6. The molecular formula is C23H28N2O3S. The Morgan fingerprint density at radius 3 is 2.31 bits per heavy atom. The van der Waals surface area contributed by atoms with Crippen LogP contribution in [-0.2, 0) is 16.0 Å². The monoisotopic (exact) mass is 412 g/mol. The molecule has 3 rings (SSSR count). The number of anilines is 1. The van der Waals surface area contributed by atoms with Crippen LogP contribution in [0.5, 0.6) is 5.75 Å². The molecule has 0 aliphatic carbocycles. The highest BCUT2D eigenvalue weighted by Gasteiger charge is 2.24. The molecule has 0 unspecified atom stereocenters. The number of aryl methyl sites for hydroxylation is 1. The van der Waals surface area contributed by atoms with Crippen molar-refractivity contribution >= 4 is 28.8 Å². The van der Waals surface area contributed by atoms with Gasteiger partial charge in [0.1, 0.15) is 10.7 Å². The van der Waals surface area contributed by atoms with Crippen molar-refractivity contribution < 1.29 is 14.3 Å². The zero-order chi connectivity index (χ0) is 20.8. The molecule has 2 aromatic rings. The zero-order valence-electron chi connectivity index (χ0n) is 17.2. The maximum absolute atomic E-state index is 12.1. The van der Waals surface area contributed by atoms with Gasteiger partial charge < -0.3 is 19.7 Å². The van der Waals surface area contributed by atoms with Gasteiger partial charge in [0.25, 0.3) is 5.91 Å². The van der Waals surface area contributed by atoms with Crippen LogP contribution in [0.4, 0.5) is 5.69 Å². The molecule has 0 radical (unpaired) electrons. The SMILES string of the molecule is CCc1ccc(NC(=O)COc2ccc(C(=S)N3C[C@H](C)O[C@@H](C)C3)cc2)cc1. The predicted octanol–water partition coefficient (Wildman–Crippen LogP) is 4.05. The quantitative estimate of drug-likeness (QED) is 0.726.